The zero-order valence-corrected chi connectivity index (χ0v) is 30.9. The van der Waals surface area contributed by atoms with Crippen LogP contribution in [0.15, 0.2) is 0 Å². The van der Waals surface area contributed by atoms with Crippen LogP contribution in [-0.2, 0) is 38.1 Å². The minimum absolute atomic E-state index is 0.0549. The monoisotopic (exact) mass is 669 g/mol. The first kappa shape index (κ1) is 44.9. The van der Waals surface area contributed by atoms with Crippen molar-refractivity contribution in [3.8, 4) is 0 Å². The minimum Gasteiger partial charge on any atom is -0.466 e. The third-order valence-electron chi connectivity index (χ3n) is 8.55. The molecule has 0 amide bonds. The lowest BCUT2D eigenvalue weighted by atomic mass is 10.0. The summed E-state index contributed by atoms with van der Waals surface area (Å²) in [6.07, 6.45) is 27.3. The Balaban J connectivity index is 3.63. The van der Waals surface area contributed by atoms with Crippen LogP contribution < -0.4 is 0 Å². The Bertz CT molecular complexity index is 706. The van der Waals surface area contributed by atoms with Crippen molar-refractivity contribution in [2.45, 2.75) is 213 Å². The van der Waals surface area contributed by atoms with Crippen molar-refractivity contribution in [1.82, 2.24) is 0 Å². The summed E-state index contributed by atoms with van der Waals surface area (Å²) < 4.78 is 21.6. The van der Waals surface area contributed by atoms with Crippen LogP contribution in [-0.4, -0.2) is 49.3 Å². The number of ether oxygens (including phenoxy) is 4. The first-order chi connectivity index (χ1) is 22.8. The molecule has 0 aliphatic heterocycles. The summed E-state index contributed by atoms with van der Waals surface area (Å²) in [5.41, 5.74) is 0. The highest BCUT2D eigenvalue weighted by atomic mass is 16.6. The molecule has 0 aromatic carbocycles. The molecule has 0 saturated heterocycles. The highest BCUT2D eigenvalue weighted by Crippen LogP contribution is 2.18. The number of esters is 4. The Morgan fingerprint density at radius 3 is 1.02 bits per heavy atom. The van der Waals surface area contributed by atoms with Crippen molar-refractivity contribution in [2.24, 2.45) is 0 Å². The third-order valence-corrected chi connectivity index (χ3v) is 8.55. The quantitative estimate of drug-likeness (QED) is 0.0379. The fraction of sp³-hybridized carbons (Fsp3) is 0.897. The fourth-order valence-electron chi connectivity index (χ4n) is 5.86. The van der Waals surface area contributed by atoms with E-state index in [-0.39, 0.29) is 49.3 Å². The van der Waals surface area contributed by atoms with Crippen LogP contribution in [0.5, 0.6) is 0 Å². The standard InChI is InChI=1S/C39H72O8/c1-5-7-9-19-26-36(46-34(3)40)28-21-15-11-13-17-23-30-38(42)44-32-25-33-45-39(43)31-24-18-14-12-16-22-29-37(47-35(4)41)27-20-10-8-6-2/h36-37H,5-33H2,1-4H3. The van der Waals surface area contributed by atoms with Crippen molar-refractivity contribution in [2.75, 3.05) is 13.2 Å². The maximum atomic E-state index is 12.0. The molecule has 2 atom stereocenters. The molecule has 0 aromatic rings. The van der Waals surface area contributed by atoms with E-state index in [4.69, 9.17) is 18.9 Å². The predicted molar refractivity (Wildman–Crippen MR) is 189 cm³/mol. The van der Waals surface area contributed by atoms with E-state index in [0.717, 1.165) is 116 Å². The fourth-order valence-corrected chi connectivity index (χ4v) is 5.86. The lowest BCUT2D eigenvalue weighted by Gasteiger charge is -2.17. The van der Waals surface area contributed by atoms with Crippen molar-refractivity contribution in [3.05, 3.63) is 0 Å². The smallest absolute Gasteiger partial charge is 0.305 e. The second-order valence-electron chi connectivity index (χ2n) is 13.3. The highest BCUT2D eigenvalue weighted by Gasteiger charge is 2.13. The van der Waals surface area contributed by atoms with Crippen LogP contribution in [0.1, 0.15) is 201 Å². The van der Waals surface area contributed by atoms with E-state index < -0.39 is 0 Å². The molecule has 0 rings (SSSR count). The third kappa shape index (κ3) is 33.6. The molecule has 0 aliphatic rings. The van der Waals surface area contributed by atoms with E-state index in [1.165, 1.54) is 52.4 Å². The second kappa shape index (κ2) is 33.8. The van der Waals surface area contributed by atoms with Crippen LogP contribution in [0.2, 0.25) is 0 Å². The number of carbonyl (C=O) groups is 4. The van der Waals surface area contributed by atoms with Gasteiger partial charge in [-0.2, -0.15) is 0 Å². The van der Waals surface area contributed by atoms with Gasteiger partial charge >= 0.3 is 23.9 Å². The maximum absolute atomic E-state index is 12.0. The van der Waals surface area contributed by atoms with Crippen molar-refractivity contribution in [1.29, 1.82) is 0 Å². The minimum atomic E-state index is -0.183. The van der Waals surface area contributed by atoms with E-state index in [1.54, 1.807) is 0 Å². The summed E-state index contributed by atoms with van der Waals surface area (Å²) >= 11 is 0. The highest BCUT2D eigenvalue weighted by molar-refractivity contribution is 5.69. The molecule has 8 heteroatoms. The van der Waals surface area contributed by atoms with Gasteiger partial charge in [-0.25, -0.2) is 0 Å². The summed E-state index contributed by atoms with van der Waals surface area (Å²) in [7, 11) is 0. The Kier molecular flexibility index (Phi) is 32.2. The lowest BCUT2D eigenvalue weighted by Crippen LogP contribution is -2.16. The molecular formula is C39H72O8. The molecule has 0 aliphatic carbocycles. The van der Waals surface area contributed by atoms with Crippen LogP contribution in [0.25, 0.3) is 0 Å². The molecule has 0 fully saturated rings. The van der Waals surface area contributed by atoms with Gasteiger partial charge in [0.25, 0.3) is 0 Å². The molecule has 0 aromatic heterocycles. The summed E-state index contributed by atoms with van der Waals surface area (Å²) in [5.74, 6) is -0.728. The predicted octanol–water partition coefficient (Wildman–Crippen LogP) is 10.5. The molecule has 0 radical (unpaired) electrons. The second-order valence-corrected chi connectivity index (χ2v) is 13.3. The normalized spacial score (nSPS) is 12.3. The zero-order valence-electron chi connectivity index (χ0n) is 30.9. The van der Waals surface area contributed by atoms with E-state index in [1.807, 2.05) is 0 Å². The Hall–Kier alpha value is -2.12. The van der Waals surface area contributed by atoms with Crippen LogP contribution in [0.3, 0.4) is 0 Å². The van der Waals surface area contributed by atoms with E-state index >= 15 is 0 Å². The molecule has 0 spiro atoms. The van der Waals surface area contributed by atoms with Crippen molar-refractivity contribution in [3.63, 3.8) is 0 Å². The Labute approximate surface area is 288 Å². The molecule has 276 valence electrons. The van der Waals surface area contributed by atoms with Crippen LogP contribution in [0, 0.1) is 0 Å². The molecular weight excluding hydrogens is 596 g/mol. The maximum Gasteiger partial charge on any atom is 0.305 e. The Morgan fingerprint density at radius 2 is 0.702 bits per heavy atom. The molecule has 0 heterocycles. The first-order valence-corrected chi connectivity index (χ1v) is 19.4. The van der Waals surface area contributed by atoms with Crippen molar-refractivity contribution >= 4 is 23.9 Å². The topological polar surface area (TPSA) is 105 Å². The summed E-state index contributed by atoms with van der Waals surface area (Å²) in [4.78, 5) is 46.7. The lowest BCUT2D eigenvalue weighted by molar-refractivity contribution is -0.148. The van der Waals surface area contributed by atoms with Crippen LogP contribution >= 0.6 is 0 Å². The van der Waals surface area contributed by atoms with E-state index in [0.29, 0.717) is 19.3 Å². The molecule has 0 saturated carbocycles. The number of carbonyl (C=O) groups excluding carboxylic acids is 4. The summed E-state index contributed by atoms with van der Waals surface area (Å²) in [5, 5.41) is 0. The van der Waals surface area contributed by atoms with Gasteiger partial charge in [-0.15, -0.1) is 0 Å². The SMILES string of the molecule is CCCCCCC(CCCCCCCCC(=O)OCCCOC(=O)CCCCCCCCC(CCCCCC)OC(C)=O)OC(C)=O. The van der Waals surface area contributed by atoms with E-state index in [2.05, 4.69) is 13.8 Å². The van der Waals surface area contributed by atoms with Gasteiger partial charge in [0.15, 0.2) is 0 Å². The average molecular weight is 669 g/mol. The average Bonchev–Trinajstić information content (AvgIpc) is 3.02. The number of hydrogen-bond acceptors (Lipinski definition) is 8. The van der Waals surface area contributed by atoms with Gasteiger partial charge in [0, 0.05) is 33.1 Å². The molecule has 2 unspecified atom stereocenters. The van der Waals surface area contributed by atoms with Gasteiger partial charge in [0.1, 0.15) is 12.2 Å². The van der Waals surface area contributed by atoms with Gasteiger partial charge < -0.3 is 18.9 Å². The van der Waals surface area contributed by atoms with Crippen LogP contribution in [0.4, 0.5) is 0 Å². The first-order valence-electron chi connectivity index (χ1n) is 19.4. The molecule has 47 heavy (non-hydrogen) atoms. The number of rotatable bonds is 34. The van der Waals surface area contributed by atoms with Gasteiger partial charge in [0.2, 0.25) is 0 Å². The largest absolute Gasteiger partial charge is 0.466 e. The van der Waals surface area contributed by atoms with Gasteiger partial charge in [-0.1, -0.05) is 104 Å². The van der Waals surface area contributed by atoms with E-state index in [9.17, 15) is 19.2 Å². The molecule has 8 nitrogen and oxygen atoms in total. The number of unbranched alkanes of at least 4 members (excludes halogenated alkanes) is 16. The van der Waals surface area contributed by atoms with Gasteiger partial charge in [0.05, 0.1) is 13.2 Å². The Morgan fingerprint density at radius 1 is 0.404 bits per heavy atom. The molecule has 0 bridgehead atoms. The van der Waals surface area contributed by atoms with Gasteiger partial charge in [-0.3, -0.25) is 19.2 Å². The zero-order chi connectivity index (χ0) is 34.8. The summed E-state index contributed by atoms with van der Waals surface area (Å²) in [6, 6.07) is 0. The van der Waals surface area contributed by atoms with Gasteiger partial charge in [-0.05, 0) is 64.2 Å². The summed E-state index contributed by atoms with van der Waals surface area (Å²) in [6.45, 7) is 7.95. The van der Waals surface area contributed by atoms with Crippen molar-refractivity contribution < 1.29 is 38.1 Å². The number of hydrogen-bond donors (Lipinski definition) is 0. The molecule has 0 N–H and O–H groups in total.